The third-order valence-electron chi connectivity index (χ3n) is 1.10. The molecule has 2 aromatic heterocycles. The highest BCUT2D eigenvalue weighted by Gasteiger charge is 1.91. The molecule has 10 heavy (non-hydrogen) atoms. The minimum absolute atomic E-state index is 0. The molecule has 0 aliphatic heterocycles. The highest BCUT2D eigenvalue weighted by molar-refractivity contribution is 5.67. The van der Waals surface area contributed by atoms with Gasteiger partial charge in [-0.3, -0.25) is 0 Å². The molecule has 5 nitrogen and oxygen atoms in total. The molecular formula is C5H4N5. The first-order valence-corrected chi connectivity index (χ1v) is 2.56. The number of nitrogens with zero attached hydrogens (tertiary/aromatic N) is 4. The van der Waals surface area contributed by atoms with E-state index < -0.39 is 0 Å². The molecule has 2 heterocycles. The molecule has 0 fully saturated rings. The molecule has 1 N–H and O–H groups in total. The molecule has 49 valence electrons. The van der Waals surface area contributed by atoms with Gasteiger partial charge in [0.25, 0.3) is 0 Å². The van der Waals surface area contributed by atoms with Crippen LogP contribution in [0.2, 0.25) is 0 Å². The van der Waals surface area contributed by atoms with E-state index in [-0.39, 0.29) is 6.15 Å². The van der Waals surface area contributed by atoms with Gasteiger partial charge in [-0.05, 0) is 0 Å². The molecule has 3 radical (unpaired) electrons. The van der Waals surface area contributed by atoms with Gasteiger partial charge in [0.05, 0.1) is 12.5 Å². The van der Waals surface area contributed by atoms with Crippen molar-refractivity contribution in [3.05, 3.63) is 18.9 Å². The Balaban J connectivity index is 0.000000500. The molecule has 0 saturated heterocycles. The quantitative estimate of drug-likeness (QED) is 0.544. The van der Waals surface area contributed by atoms with Crippen LogP contribution in [0.5, 0.6) is 0 Å². The zero-order valence-electron chi connectivity index (χ0n) is 5.02. The number of nitrogens with one attached hydrogen (secondary N) is 1. The lowest BCUT2D eigenvalue weighted by Gasteiger charge is -1.80. The van der Waals surface area contributed by atoms with E-state index in [0.717, 1.165) is 5.52 Å². The van der Waals surface area contributed by atoms with Crippen molar-refractivity contribution in [2.75, 3.05) is 0 Å². The van der Waals surface area contributed by atoms with Crippen LogP contribution < -0.4 is 6.15 Å². The van der Waals surface area contributed by atoms with Gasteiger partial charge in [-0.2, -0.15) is 0 Å². The fourth-order valence-corrected chi connectivity index (χ4v) is 0.691. The standard InChI is InChI=1S/C5H4N4.N/c1-4-5(8-2-6-1)9-3-7-4;/h1-3H,(H,6,7,8,9);. The molecule has 0 aliphatic rings. The van der Waals surface area contributed by atoms with E-state index in [9.17, 15) is 0 Å². The van der Waals surface area contributed by atoms with Crippen molar-refractivity contribution in [2.24, 2.45) is 0 Å². The lowest BCUT2D eigenvalue weighted by molar-refractivity contribution is 1.20. The summed E-state index contributed by atoms with van der Waals surface area (Å²) in [5, 5.41) is 0. The molecule has 0 atom stereocenters. The maximum absolute atomic E-state index is 3.91. The fraction of sp³-hybridized carbons (Fsp3) is 0. The molecule has 0 bridgehead atoms. The zero-order chi connectivity index (χ0) is 6.10. The Kier molecular flexibility index (Phi) is 1.59. The second-order valence-corrected chi connectivity index (χ2v) is 1.66. The van der Waals surface area contributed by atoms with Crippen LogP contribution >= 0.6 is 0 Å². The minimum Gasteiger partial charge on any atom is -0.342 e. The van der Waals surface area contributed by atoms with Crippen molar-refractivity contribution in [1.82, 2.24) is 26.1 Å². The van der Waals surface area contributed by atoms with E-state index in [4.69, 9.17) is 0 Å². The summed E-state index contributed by atoms with van der Waals surface area (Å²) >= 11 is 0. The topological polar surface area (TPSA) is 85.0 Å². The summed E-state index contributed by atoms with van der Waals surface area (Å²) in [5.74, 6) is 0. The largest absolute Gasteiger partial charge is 0.342 e. The number of rotatable bonds is 0. The molecule has 2 aromatic rings. The van der Waals surface area contributed by atoms with Gasteiger partial charge in [0.1, 0.15) is 11.8 Å². The lowest BCUT2D eigenvalue weighted by atomic mass is 10.6. The normalized spacial score (nSPS) is 9.20. The summed E-state index contributed by atoms with van der Waals surface area (Å²) in [5.41, 5.74) is 1.59. The molecule has 0 spiro atoms. The Labute approximate surface area is 57.1 Å². The van der Waals surface area contributed by atoms with E-state index in [0.29, 0.717) is 5.65 Å². The highest BCUT2D eigenvalue weighted by atomic mass is 15.0. The zero-order valence-corrected chi connectivity index (χ0v) is 5.02. The number of imidazole rings is 1. The van der Waals surface area contributed by atoms with Gasteiger partial charge in [-0.25, -0.2) is 15.0 Å². The molecule has 0 saturated carbocycles. The molecule has 5 heteroatoms. The Morgan fingerprint density at radius 3 is 3.00 bits per heavy atom. The van der Waals surface area contributed by atoms with Gasteiger partial charge in [0.15, 0.2) is 5.65 Å². The van der Waals surface area contributed by atoms with Gasteiger partial charge in [0.2, 0.25) is 0 Å². The molecule has 0 aromatic carbocycles. The summed E-state index contributed by atoms with van der Waals surface area (Å²) < 4.78 is 0. The smallest absolute Gasteiger partial charge is 0.180 e. The van der Waals surface area contributed by atoms with E-state index in [2.05, 4.69) is 19.9 Å². The maximum atomic E-state index is 3.91. The van der Waals surface area contributed by atoms with Crippen molar-refractivity contribution >= 4 is 11.2 Å². The van der Waals surface area contributed by atoms with Crippen LogP contribution in [0.1, 0.15) is 0 Å². The summed E-state index contributed by atoms with van der Waals surface area (Å²) in [6, 6.07) is 0. The molecule has 0 aliphatic carbocycles. The van der Waals surface area contributed by atoms with Crippen LogP contribution in [0, 0.1) is 0 Å². The van der Waals surface area contributed by atoms with Crippen LogP contribution in [0.15, 0.2) is 18.9 Å². The minimum atomic E-state index is 0. The molecular weight excluding hydrogens is 130 g/mol. The maximum Gasteiger partial charge on any atom is 0.180 e. The van der Waals surface area contributed by atoms with Gasteiger partial charge in [-0.15, -0.1) is 0 Å². The molecule has 0 amide bonds. The predicted molar refractivity (Wildman–Crippen MR) is 33.8 cm³/mol. The van der Waals surface area contributed by atoms with E-state index in [1.165, 1.54) is 6.33 Å². The van der Waals surface area contributed by atoms with Gasteiger partial charge >= 0.3 is 0 Å². The van der Waals surface area contributed by atoms with Gasteiger partial charge in [0, 0.05) is 6.15 Å². The summed E-state index contributed by atoms with van der Waals surface area (Å²) in [7, 11) is 0. The number of hydrogen-bond donors (Lipinski definition) is 1. The first-order valence-electron chi connectivity index (χ1n) is 2.56. The van der Waals surface area contributed by atoms with Crippen LogP contribution in [0.3, 0.4) is 0 Å². The second kappa shape index (κ2) is 2.40. The van der Waals surface area contributed by atoms with Crippen LogP contribution in [0.4, 0.5) is 0 Å². The number of fused-ring (bicyclic) bond motifs is 1. The third-order valence-corrected chi connectivity index (χ3v) is 1.10. The summed E-state index contributed by atoms with van der Waals surface area (Å²) in [4.78, 5) is 14.5. The molecule has 2 rings (SSSR count). The second-order valence-electron chi connectivity index (χ2n) is 1.66. The van der Waals surface area contributed by atoms with Crippen molar-refractivity contribution in [3.63, 3.8) is 0 Å². The lowest BCUT2D eigenvalue weighted by Crippen LogP contribution is -1.76. The average molecular weight is 134 g/mol. The average Bonchev–Trinajstić information content (AvgIpc) is 2.33. The van der Waals surface area contributed by atoms with Crippen molar-refractivity contribution < 1.29 is 0 Å². The van der Waals surface area contributed by atoms with Crippen LogP contribution in [-0.4, -0.2) is 19.9 Å². The number of aromatic nitrogens is 4. The van der Waals surface area contributed by atoms with E-state index in [1.807, 2.05) is 0 Å². The number of hydrogen-bond acceptors (Lipinski definition) is 3. The van der Waals surface area contributed by atoms with Gasteiger partial charge in [-0.1, -0.05) is 0 Å². The van der Waals surface area contributed by atoms with Crippen molar-refractivity contribution in [3.8, 4) is 0 Å². The Hall–Kier alpha value is -1.49. The van der Waals surface area contributed by atoms with Gasteiger partial charge < -0.3 is 4.98 Å². The SMILES string of the molecule is [N].c1ncc2[nH]cnc2n1. The summed E-state index contributed by atoms with van der Waals surface area (Å²) in [6.07, 6.45) is 4.76. The first-order chi connectivity index (χ1) is 4.47. The third kappa shape index (κ3) is 0.822. The van der Waals surface area contributed by atoms with Crippen LogP contribution in [0.25, 0.3) is 11.2 Å². The Morgan fingerprint density at radius 2 is 2.20 bits per heavy atom. The monoisotopic (exact) mass is 134 g/mol. The van der Waals surface area contributed by atoms with E-state index in [1.54, 1.807) is 12.5 Å². The Bertz CT molecular complexity index is 284. The highest BCUT2D eigenvalue weighted by Crippen LogP contribution is 1.99. The summed E-state index contributed by atoms with van der Waals surface area (Å²) in [6.45, 7) is 0. The van der Waals surface area contributed by atoms with E-state index >= 15 is 0 Å². The Morgan fingerprint density at radius 1 is 1.30 bits per heavy atom. The predicted octanol–water partition coefficient (Wildman–Crippen LogP) is -0.128. The number of aromatic amines is 1. The first kappa shape index (κ1) is 6.63. The van der Waals surface area contributed by atoms with Crippen LogP contribution in [-0.2, 0) is 0 Å². The number of H-pyrrole nitrogens is 1. The fourth-order valence-electron chi connectivity index (χ4n) is 0.691. The molecule has 0 unspecified atom stereocenters. The van der Waals surface area contributed by atoms with Crippen molar-refractivity contribution in [2.45, 2.75) is 0 Å². The van der Waals surface area contributed by atoms with Crippen molar-refractivity contribution in [1.29, 1.82) is 0 Å².